The number of benzene rings is 3. The molecular formula is C24H26O. The molecule has 1 heteroatoms. The Balaban J connectivity index is 2.24. The van der Waals surface area contributed by atoms with Crippen LogP contribution in [0.15, 0.2) is 78.9 Å². The molecule has 128 valence electrons. The lowest BCUT2D eigenvalue weighted by atomic mass is 9.70. The lowest BCUT2D eigenvalue weighted by Crippen LogP contribution is -2.25. The van der Waals surface area contributed by atoms with Crippen LogP contribution in [0, 0.1) is 0 Å². The molecule has 0 atom stereocenters. The van der Waals surface area contributed by atoms with Crippen molar-refractivity contribution in [1.29, 1.82) is 0 Å². The van der Waals surface area contributed by atoms with Crippen LogP contribution in [0.4, 0.5) is 0 Å². The predicted molar refractivity (Wildman–Crippen MR) is 105 cm³/mol. The minimum Gasteiger partial charge on any atom is -0.508 e. The van der Waals surface area contributed by atoms with E-state index in [9.17, 15) is 5.11 Å². The molecule has 0 fully saturated rings. The van der Waals surface area contributed by atoms with Crippen LogP contribution in [0.5, 0.6) is 5.75 Å². The van der Waals surface area contributed by atoms with Gasteiger partial charge in [0.25, 0.3) is 0 Å². The molecule has 3 rings (SSSR count). The maximum atomic E-state index is 10.9. The monoisotopic (exact) mass is 330 g/mol. The molecule has 0 amide bonds. The molecule has 0 aliphatic heterocycles. The zero-order chi connectivity index (χ0) is 18.1. The maximum Gasteiger partial charge on any atom is 0.120 e. The summed E-state index contributed by atoms with van der Waals surface area (Å²) in [6.07, 6.45) is 0. The van der Waals surface area contributed by atoms with Gasteiger partial charge in [0.15, 0.2) is 0 Å². The molecule has 0 aromatic heterocycles. The lowest BCUT2D eigenvalue weighted by Gasteiger charge is -2.33. The highest BCUT2D eigenvalue weighted by atomic mass is 16.3. The molecule has 25 heavy (non-hydrogen) atoms. The van der Waals surface area contributed by atoms with Gasteiger partial charge in [0.05, 0.1) is 0 Å². The second-order valence-corrected chi connectivity index (χ2v) is 7.84. The van der Waals surface area contributed by atoms with E-state index in [0.717, 1.165) is 11.1 Å². The zero-order valence-electron chi connectivity index (χ0n) is 15.5. The first-order chi connectivity index (χ1) is 11.8. The Labute approximate surface area is 151 Å². The van der Waals surface area contributed by atoms with Crippen molar-refractivity contribution in [2.75, 3.05) is 0 Å². The molecule has 1 nitrogen and oxygen atoms in total. The fourth-order valence-corrected chi connectivity index (χ4v) is 3.44. The van der Waals surface area contributed by atoms with Crippen LogP contribution in [0.3, 0.4) is 0 Å². The second-order valence-electron chi connectivity index (χ2n) is 7.84. The Kier molecular flexibility index (Phi) is 4.43. The van der Waals surface area contributed by atoms with Crippen molar-refractivity contribution in [3.05, 3.63) is 101 Å². The maximum absolute atomic E-state index is 10.9. The lowest BCUT2D eigenvalue weighted by molar-refractivity contribution is 0.453. The van der Waals surface area contributed by atoms with E-state index < -0.39 is 5.41 Å². The summed E-state index contributed by atoms with van der Waals surface area (Å²) < 4.78 is 0. The highest BCUT2D eigenvalue weighted by molar-refractivity contribution is 5.55. The average Bonchev–Trinajstić information content (AvgIpc) is 2.62. The summed E-state index contributed by atoms with van der Waals surface area (Å²) in [5.74, 6) is 0.350. The molecule has 0 saturated carbocycles. The second kappa shape index (κ2) is 6.40. The first-order valence-electron chi connectivity index (χ1n) is 8.78. The van der Waals surface area contributed by atoms with Crippen LogP contribution in [-0.2, 0) is 10.8 Å². The number of aromatic hydroxyl groups is 1. The summed E-state index contributed by atoms with van der Waals surface area (Å²) in [5, 5.41) is 10.9. The average molecular weight is 330 g/mol. The molecule has 0 unspecified atom stereocenters. The highest BCUT2D eigenvalue weighted by Crippen LogP contribution is 2.43. The minimum atomic E-state index is -0.414. The highest BCUT2D eigenvalue weighted by Gasteiger charge is 2.33. The van der Waals surface area contributed by atoms with Crippen molar-refractivity contribution >= 4 is 0 Å². The van der Waals surface area contributed by atoms with Gasteiger partial charge in [-0.25, -0.2) is 0 Å². The van der Waals surface area contributed by atoms with Gasteiger partial charge in [-0.3, -0.25) is 0 Å². The van der Waals surface area contributed by atoms with Gasteiger partial charge < -0.3 is 5.11 Å². The molecule has 0 saturated heterocycles. The van der Waals surface area contributed by atoms with E-state index in [2.05, 4.69) is 88.4 Å². The summed E-state index contributed by atoms with van der Waals surface area (Å²) in [4.78, 5) is 0. The van der Waals surface area contributed by atoms with Crippen LogP contribution < -0.4 is 0 Å². The molecule has 0 bridgehead atoms. The first kappa shape index (κ1) is 17.3. The van der Waals surface area contributed by atoms with E-state index in [-0.39, 0.29) is 5.41 Å². The van der Waals surface area contributed by atoms with Gasteiger partial charge in [0.1, 0.15) is 5.75 Å². The van der Waals surface area contributed by atoms with Crippen LogP contribution in [0.25, 0.3) is 0 Å². The van der Waals surface area contributed by atoms with Gasteiger partial charge in [0, 0.05) is 11.0 Å². The Morgan fingerprint density at radius 1 is 0.600 bits per heavy atom. The summed E-state index contributed by atoms with van der Waals surface area (Å²) >= 11 is 0. The molecule has 0 radical (unpaired) electrons. The molecule has 0 spiro atoms. The number of phenols is 1. The predicted octanol–water partition coefficient (Wildman–Crippen LogP) is 6.04. The van der Waals surface area contributed by atoms with Gasteiger partial charge in [-0.2, -0.15) is 0 Å². The van der Waals surface area contributed by atoms with Gasteiger partial charge in [-0.05, 0) is 35.1 Å². The van der Waals surface area contributed by atoms with Crippen molar-refractivity contribution < 1.29 is 5.11 Å². The Morgan fingerprint density at radius 2 is 1.08 bits per heavy atom. The molecule has 3 aromatic carbocycles. The largest absolute Gasteiger partial charge is 0.508 e. The minimum absolute atomic E-state index is 0.00586. The Bertz CT molecular complexity index is 803. The molecule has 1 N–H and O–H groups in total. The standard InChI is InChI=1S/C24H26O/c1-23(2,3)20-15-16-21(22(25)17-20)24(4,18-11-7-5-8-12-18)19-13-9-6-10-14-19/h5-17,25H,1-4H3. The van der Waals surface area contributed by atoms with Crippen molar-refractivity contribution in [2.45, 2.75) is 38.5 Å². The fourth-order valence-electron chi connectivity index (χ4n) is 3.44. The van der Waals surface area contributed by atoms with Crippen molar-refractivity contribution in [3.8, 4) is 5.75 Å². The number of hydrogen-bond acceptors (Lipinski definition) is 1. The van der Waals surface area contributed by atoms with Crippen LogP contribution in [0.2, 0.25) is 0 Å². The SMILES string of the molecule is CC(C)(C)c1ccc(C(C)(c2ccccc2)c2ccccc2)c(O)c1. The van der Waals surface area contributed by atoms with E-state index in [0.29, 0.717) is 5.75 Å². The van der Waals surface area contributed by atoms with E-state index in [4.69, 9.17) is 0 Å². The summed E-state index contributed by atoms with van der Waals surface area (Å²) in [6.45, 7) is 8.67. The third-order valence-electron chi connectivity index (χ3n) is 5.10. The van der Waals surface area contributed by atoms with E-state index in [1.54, 1.807) is 0 Å². The van der Waals surface area contributed by atoms with Gasteiger partial charge in [-0.15, -0.1) is 0 Å². The third-order valence-corrected chi connectivity index (χ3v) is 5.10. The van der Waals surface area contributed by atoms with Crippen molar-refractivity contribution in [3.63, 3.8) is 0 Å². The van der Waals surface area contributed by atoms with Gasteiger partial charge in [0.2, 0.25) is 0 Å². The van der Waals surface area contributed by atoms with Crippen LogP contribution in [0.1, 0.15) is 49.9 Å². The number of rotatable bonds is 3. The first-order valence-corrected chi connectivity index (χ1v) is 8.78. The Morgan fingerprint density at radius 3 is 1.48 bits per heavy atom. The van der Waals surface area contributed by atoms with Crippen LogP contribution in [-0.4, -0.2) is 5.11 Å². The normalized spacial score (nSPS) is 12.2. The third kappa shape index (κ3) is 3.19. The summed E-state index contributed by atoms with van der Waals surface area (Å²) in [6, 6.07) is 26.9. The van der Waals surface area contributed by atoms with Crippen LogP contribution >= 0.6 is 0 Å². The molecular weight excluding hydrogens is 304 g/mol. The van der Waals surface area contributed by atoms with Gasteiger partial charge >= 0.3 is 0 Å². The van der Waals surface area contributed by atoms with Gasteiger partial charge in [-0.1, -0.05) is 93.6 Å². The Hall–Kier alpha value is -2.54. The van der Waals surface area contributed by atoms with E-state index in [1.165, 1.54) is 11.1 Å². The number of phenolic OH excluding ortho intramolecular Hbond substituents is 1. The zero-order valence-corrected chi connectivity index (χ0v) is 15.5. The summed E-state index contributed by atoms with van der Waals surface area (Å²) in [7, 11) is 0. The topological polar surface area (TPSA) is 20.2 Å². The quantitative estimate of drug-likeness (QED) is 0.580. The fraction of sp³-hybridized carbons (Fsp3) is 0.250. The molecule has 3 aromatic rings. The smallest absolute Gasteiger partial charge is 0.120 e. The molecule has 0 heterocycles. The molecule has 0 aliphatic rings. The number of hydrogen-bond donors (Lipinski definition) is 1. The summed E-state index contributed by atoms with van der Waals surface area (Å²) in [5.41, 5.74) is 3.99. The van der Waals surface area contributed by atoms with E-state index in [1.807, 2.05) is 18.2 Å². The van der Waals surface area contributed by atoms with Crippen molar-refractivity contribution in [1.82, 2.24) is 0 Å². The van der Waals surface area contributed by atoms with Crippen molar-refractivity contribution in [2.24, 2.45) is 0 Å². The molecule has 0 aliphatic carbocycles. The van der Waals surface area contributed by atoms with E-state index >= 15 is 0 Å².